The van der Waals surface area contributed by atoms with E-state index in [9.17, 15) is 0 Å². The quantitative estimate of drug-likeness (QED) is 0.890. The normalized spacial score (nSPS) is 34.8. The molecule has 2 nitrogen and oxygen atoms in total. The lowest BCUT2D eigenvalue weighted by molar-refractivity contribution is 0.114. The SMILES string of the molecule is CC1CN(C)C(C)CC1NC1CCc2ccccc2C1. The first-order valence-corrected chi connectivity index (χ1v) is 8.16. The molecular weight excluding hydrogens is 244 g/mol. The Hall–Kier alpha value is -0.860. The molecule has 1 aromatic rings. The van der Waals surface area contributed by atoms with Crippen molar-refractivity contribution < 1.29 is 0 Å². The van der Waals surface area contributed by atoms with Gasteiger partial charge >= 0.3 is 0 Å². The second-order valence-electron chi connectivity index (χ2n) is 6.98. The summed E-state index contributed by atoms with van der Waals surface area (Å²) < 4.78 is 0. The molecule has 20 heavy (non-hydrogen) atoms. The molecule has 1 aromatic carbocycles. The highest BCUT2D eigenvalue weighted by Gasteiger charge is 2.31. The minimum absolute atomic E-state index is 0.674. The Bertz CT molecular complexity index is 456. The molecule has 1 aliphatic heterocycles. The predicted molar refractivity (Wildman–Crippen MR) is 85.1 cm³/mol. The summed E-state index contributed by atoms with van der Waals surface area (Å²) in [6.07, 6.45) is 5.04. The molecule has 1 heterocycles. The fourth-order valence-corrected chi connectivity index (χ4v) is 3.92. The van der Waals surface area contributed by atoms with Crippen LogP contribution in [0.5, 0.6) is 0 Å². The lowest BCUT2D eigenvalue weighted by atomic mass is 9.85. The van der Waals surface area contributed by atoms with E-state index >= 15 is 0 Å². The topological polar surface area (TPSA) is 15.3 Å². The van der Waals surface area contributed by atoms with E-state index in [1.807, 2.05) is 0 Å². The molecule has 0 bridgehead atoms. The summed E-state index contributed by atoms with van der Waals surface area (Å²) in [5.41, 5.74) is 3.13. The number of fused-ring (bicyclic) bond motifs is 1. The second kappa shape index (κ2) is 5.87. The highest BCUT2D eigenvalue weighted by Crippen LogP contribution is 2.25. The molecule has 0 spiro atoms. The van der Waals surface area contributed by atoms with Crippen LogP contribution in [0.15, 0.2) is 24.3 Å². The Morgan fingerprint density at radius 3 is 2.70 bits per heavy atom. The maximum absolute atomic E-state index is 3.97. The van der Waals surface area contributed by atoms with Crippen molar-refractivity contribution in [1.82, 2.24) is 10.2 Å². The molecule has 2 heteroatoms. The first-order valence-electron chi connectivity index (χ1n) is 8.16. The molecule has 0 aromatic heterocycles. The van der Waals surface area contributed by atoms with Crippen LogP contribution in [0.3, 0.4) is 0 Å². The van der Waals surface area contributed by atoms with Gasteiger partial charge in [0.2, 0.25) is 0 Å². The van der Waals surface area contributed by atoms with E-state index < -0.39 is 0 Å². The lowest BCUT2D eigenvalue weighted by Crippen LogP contribution is -2.54. The maximum Gasteiger partial charge on any atom is 0.0122 e. The van der Waals surface area contributed by atoms with Crippen LogP contribution in [0.1, 0.15) is 37.8 Å². The zero-order chi connectivity index (χ0) is 14.1. The summed E-state index contributed by atoms with van der Waals surface area (Å²) in [5, 5.41) is 3.97. The Morgan fingerprint density at radius 1 is 1.15 bits per heavy atom. The monoisotopic (exact) mass is 272 g/mol. The van der Waals surface area contributed by atoms with Crippen molar-refractivity contribution in [2.45, 2.75) is 57.7 Å². The van der Waals surface area contributed by atoms with Crippen molar-refractivity contribution in [2.24, 2.45) is 5.92 Å². The second-order valence-corrected chi connectivity index (χ2v) is 6.98. The van der Waals surface area contributed by atoms with Crippen LogP contribution in [0.25, 0.3) is 0 Å². The van der Waals surface area contributed by atoms with Gasteiger partial charge in [-0.15, -0.1) is 0 Å². The molecule has 2 aliphatic rings. The van der Waals surface area contributed by atoms with E-state index in [4.69, 9.17) is 0 Å². The fraction of sp³-hybridized carbons (Fsp3) is 0.667. The molecule has 110 valence electrons. The molecule has 1 saturated heterocycles. The van der Waals surface area contributed by atoms with Gasteiger partial charge in [0.05, 0.1) is 0 Å². The molecule has 3 rings (SSSR count). The van der Waals surface area contributed by atoms with Gasteiger partial charge in [0.25, 0.3) is 0 Å². The molecule has 1 fully saturated rings. The number of likely N-dealkylation sites (tertiary alicyclic amines) is 1. The number of rotatable bonds is 2. The van der Waals surface area contributed by atoms with Crippen LogP contribution in [0, 0.1) is 5.92 Å². The third-order valence-corrected chi connectivity index (χ3v) is 5.41. The van der Waals surface area contributed by atoms with E-state index in [-0.39, 0.29) is 0 Å². The third kappa shape index (κ3) is 2.91. The fourth-order valence-electron chi connectivity index (χ4n) is 3.92. The maximum atomic E-state index is 3.97. The highest BCUT2D eigenvalue weighted by atomic mass is 15.2. The van der Waals surface area contributed by atoms with Crippen LogP contribution in [0.2, 0.25) is 0 Å². The van der Waals surface area contributed by atoms with Crippen molar-refractivity contribution in [2.75, 3.05) is 13.6 Å². The van der Waals surface area contributed by atoms with Crippen molar-refractivity contribution >= 4 is 0 Å². The van der Waals surface area contributed by atoms with E-state index in [2.05, 4.69) is 55.4 Å². The first kappa shape index (κ1) is 14.1. The van der Waals surface area contributed by atoms with E-state index in [0.29, 0.717) is 18.1 Å². The van der Waals surface area contributed by atoms with E-state index in [1.165, 1.54) is 32.2 Å². The summed E-state index contributed by atoms with van der Waals surface area (Å²) in [5.74, 6) is 0.758. The van der Waals surface area contributed by atoms with Gasteiger partial charge in [0.1, 0.15) is 0 Å². The number of piperidine rings is 1. The lowest BCUT2D eigenvalue weighted by Gasteiger charge is -2.42. The van der Waals surface area contributed by atoms with E-state index in [0.717, 1.165) is 5.92 Å². The number of nitrogens with zero attached hydrogens (tertiary/aromatic N) is 1. The minimum atomic E-state index is 0.674. The third-order valence-electron chi connectivity index (χ3n) is 5.41. The minimum Gasteiger partial charge on any atom is -0.311 e. The van der Waals surface area contributed by atoms with Crippen LogP contribution < -0.4 is 5.32 Å². The summed E-state index contributed by atoms with van der Waals surface area (Å²) in [6.45, 7) is 5.98. The van der Waals surface area contributed by atoms with Gasteiger partial charge < -0.3 is 10.2 Å². The van der Waals surface area contributed by atoms with Gasteiger partial charge in [-0.05, 0) is 56.7 Å². The largest absolute Gasteiger partial charge is 0.311 e. The van der Waals surface area contributed by atoms with Crippen molar-refractivity contribution in [3.8, 4) is 0 Å². The van der Waals surface area contributed by atoms with Gasteiger partial charge in [0.15, 0.2) is 0 Å². The molecule has 1 aliphatic carbocycles. The Kier molecular flexibility index (Phi) is 4.13. The van der Waals surface area contributed by atoms with Crippen LogP contribution in [-0.2, 0) is 12.8 Å². The predicted octanol–water partition coefficient (Wildman–Crippen LogP) is 2.86. The number of hydrogen-bond donors (Lipinski definition) is 1. The Balaban J connectivity index is 1.62. The average molecular weight is 272 g/mol. The number of nitrogens with one attached hydrogen (secondary N) is 1. The van der Waals surface area contributed by atoms with Crippen molar-refractivity contribution in [3.63, 3.8) is 0 Å². The van der Waals surface area contributed by atoms with Gasteiger partial charge in [-0.1, -0.05) is 31.2 Å². The summed E-state index contributed by atoms with van der Waals surface area (Å²) >= 11 is 0. The van der Waals surface area contributed by atoms with Crippen molar-refractivity contribution in [3.05, 3.63) is 35.4 Å². The average Bonchev–Trinajstić information content (AvgIpc) is 2.44. The summed E-state index contributed by atoms with van der Waals surface area (Å²) in [7, 11) is 2.26. The molecule has 0 saturated carbocycles. The van der Waals surface area contributed by atoms with Gasteiger partial charge in [-0.25, -0.2) is 0 Å². The van der Waals surface area contributed by atoms with Gasteiger partial charge in [0, 0.05) is 24.7 Å². The summed E-state index contributed by atoms with van der Waals surface area (Å²) in [4.78, 5) is 2.50. The molecule has 0 radical (unpaired) electrons. The van der Waals surface area contributed by atoms with Crippen LogP contribution in [-0.4, -0.2) is 36.6 Å². The van der Waals surface area contributed by atoms with Gasteiger partial charge in [-0.2, -0.15) is 0 Å². The van der Waals surface area contributed by atoms with Gasteiger partial charge in [-0.3, -0.25) is 0 Å². The molecule has 1 N–H and O–H groups in total. The molecular formula is C18H28N2. The van der Waals surface area contributed by atoms with E-state index in [1.54, 1.807) is 11.1 Å². The van der Waals surface area contributed by atoms with Crippen LogP contribution in [0.4, 0.5) is 0 Å². The standard InChI is InChI=1S/C18H28N2/c1-13-12-20(3)14(2)10-18(13)19-17-9-8-15-6-4-5-7-16(15)11-17/h4-7,13-14,17-19H,8-12H2,1-3H3. The van der Waals surface area contributed by atoms with Crippen LogP contribution >= 0.6 is 0 Å². The first-order chi connectivity index (χ1) is 9.63. The zero-order valence-corrected chi connectivity index (χ0v) is 13.1. The number of benzene rings is 1. The summed E-state index contributed by atoms with van der Waals surface area (Å²) in [6, 6.07) is 11.0. The zero-order valence-electron chi connectivity index (χ0n) is 13.1. The smallest absolute Gasteiger partial charge is 0.0122 e. The Morgan fingerprint density at radius 2 is 1.90 bits per heavy atom. The number of hydrogen-bond acceptors (Lipinski definition) is 2. The van der Waals surface area contributed by atoms with Crippen molar-refractivity contribution in [1.29, 1.82) is 0 Å². The molecule has 4 unspecified atom stereocenters. The number of aryl methyl sites for hydroxylation is 1. The molecule has 4 atom stereocenters. The Labute approximate surface area is 123 Å². The molecule has 0 amide bonds. The highest BCUT2D eigenvalue weighted by molar-refractivity contribution is 5.30.